The summed E-state index contributed by atoms with van der Waals surface area (Å²) in [4.78, 5) is 11.2. The standard InChI is InChI=1S/C12H13NO3/c1-9-3-4-10(6-13)5-12(9)16-8-11(14)7-15-2/h3-5H,7-8H2,1-2H3. The van der Waals surface area contributed by atoms with Crippen LogP contribution in [0, 0.1) is 18.3 Å². The van der Waals surface area contributed by atoms with Crippen molar-refractivity contribution in [1.82, 2.24) is 0 Å². The molecule has 0 aliphatic carbocycles. The number of nitrogens with zero attached hydrogens (tertiary/aromatic N) is 1. The van der Waals surface area contributed by atoms with Crippen LogP contribution in [-0.2, 0) is 9.53 Å². The fraction of sp³-hybridized carbons (Fsp3) is 0.333. The van der Waals surface area contributed by atoms with Gasteiger partial charge in [0.05, 0.1) is 11.6 Å². The normalized spacial score (nSPS) is 9.56. The number of carbonyl (C=O) groups excluding carboxylic acids is 1. The zero-order chi connectivity index (χ0) is 12.0. The number of nitriles is 1. The van der Waals surface area contributed by atoms with E-state index < -0.39 is 0 Å². The van der Waals surface area contributed by atoms with E-state index in [1.165, 1.54) is 7.11 Å². The van der Waals surface area contributed by atoms with Crippen molar-refractivity contribution in [3.63, 3.8) is 0 Å². The molecule has 0 fully saturated rings. The third-order valence-electron chi connectivity index (χ3n) is 2.01. The van der Waals surface area contributed by atoms with Gasteiger partial charge in [-0.1, -0.05) is 6.07 Å². The van der Waals surface area contributed by atoms with E-state index in [0.717, 1.165) is 5.56 Å². The van der Waals surface area contributed by atoms with Crippen molar-refractivity contribution in [3.8, 4) is 11.8 Å². The molecule has 1 rings (SSSR count). The van der Waals surface area contributed by atoms with E-state index in [0.29, 0.717) is 11.3 Å². The van der Waals surface area contributed by atoms with Gasteiger partial charge in [-0.15, -0.1) is 0 Å². The van der Waals surface area contributed by atoms with Crippen molar-refractivity contribution in [2.24, 2.45) is 0 Å². The van der Waals surface area contributed by atoms with Gasteiger partial charge in [-0.05, 0) is 24.6 Å². The summed E-state index contributed by atoms with van der Waals surface area (Å²) in [6.07, 6.45) is 0. The van der Waals surface area contributed by atoms with Crippen LogP contribution in [0.15, 0.2) is 18.2 Å². The summed E-state index contributed by atoms with van der Waals surface area (Å²) in [6.45, 7) is 1.86. The summed E-state index contributed by atoms with van der Waals surface area (Å²) >= 11 is 0. The molecule has 0 amide bonds. The zero-order valence-electron chi connectivity index (χ0n) is 9.32. The predicted molar refractivity (Wildman–Crippen MR) is 58.3 cm³/mol. The molecule has 0 heterocycles. The van der Waals surface area contributed by atoms with Crippen LogP contribution in [0.4, 0.5) is 0 Å². The van der Waals surface area contributed by atoms with Crippen LogP contribution >= 0.6 is 0 Å². The molecule has 1 aromatic carbocycles. The number of hydrogen-bond acceptors (Lipinski definition) is 4. The fourth-order valence-corrected chi connectivity index (χ4v) is 1.19. The average molecular weight is 219 g/mol. The minimum atomic E-state index is -0.135. The summed E-state index contributed by atoms with van der Waals surface area (Å²) < 4.78 is 10.00. The third kappa shape index (κ3) is 3.37. The quantitative estimate of drug-likeness (QED) is 0.752. The Bertz CT molecular complexity index is 421. The Balaban J connectivity index is 2.66. The maximum absolute atomic E-state index is 11.2. The van der Waals surface area contributed by atoms with E-state index in [-0.39, 0.29) is 19.0 Å². The molecule has 4 heteroatoms. The lowest BCUT2D eigenvalue weighted by molar-refractivity contribution is -0.124. The molecule has 84 valence electrons. The highest BCUT2D eigenvalue weighted by Gasteiger charge is 2.05. The molecule has 0 aromatic heterocycles. The first-order chi connectivity index (χ1) is 7.67. The number of ether oxygens (including phenoxy) is 2. The Morgan fingerprint density at radius 2 is 2.19 bits per heavy atom. The number of benzene rings is 1. The monoisotopic (exact) mass is 219 g/mol. The smallest absolute Gasteiger partial charge is 0.195 e. The molecule has 0 bridgehead atoms. The van der Waals surface area contributed by atoms with Gasteiger partial charge < -0.3 is 9.47 Å². The number of aryl methyl sites for hydroxylation is 1. The minimum Gasteiger partial charge on any atom is -0.485 e. The van der Waals surface area contributed by atoms with Gasteiger partial charge in [0.25, 0.3) is 0 Å². The van der Waals surface area contributed by atoms with Crippen molar-refractivity contribution in [2.45, 2.75) is 6.92 Å². The Hall–Kier alpha value is -1.86. The number of rotatable bonds is 5. The molecular formula is C12H13NO3. The first-order valence-electron chi connectivity index (χ1n) is 4.81. The van der Waals surface area contributed by atoms with Gasteiger partial charge in [0.1, 0.15) is 19.0 Å². The predicted octanol–water partition coefficient (Wildman–Crippen LogP) is 1.46. The van der Waals surface area contributed by atoms with E-state index in [9.17, 15) is 4.79 Å². The minimum absolute atomic E-state index is 0.0381. The lowest BCUT2D eigenvalue weighted by atomic mass is 10.1. The van der Waals surface area contributed by atoms with Crippen molar-refractivity contribution < 1.29 is 14.3 Å². The van der Waals surface area contributed by atoms with Crippen LogP contribution < -0.4 is 4.74 Å². The van der Waals surface area contributed by atoms with E-state index in [2.05, 4.69) is 4.74 Å². The fourth-order valence-electron chi connectivity index (χ4n) is 1.19. The second-order valence-electron chi connectivity index (χ2n) is 3.35. The average Bonchev–Trinajstić information content (AvgIpc) is 2.28. The number of methoxy groups -OCH3 is 1. The van der Waals surface area contributed by atoms with Gasteiger partial charge in [0, 0.05) is 7.11 Å². The van der Waals surface area contributed by atoms with Gasteiger partial charge in [0.2, 0.25) is 0 Å². The molecule has 0 saturated heterocycles. The molecule has 0 aliphatic rings. The zero-order valence-corrected chi connectivity index (χ0v) is 9.32. The van der Waals surface area contributed by atoms with E-state index in [1.807, 2.05) is 13.0 Å². The maximum atomic E-state index is 11.2. The topological polar surface area (TPSA) is 59.3 Å². The Labute approximate surface area is 94.4 Å². The number of Topliss-reactive ketones (excluding diaryl/α,β-unsaturated/α-hetero) is 1. The molecule has 4 nitrogen and oxygen atoms in total. The van der Waals surface area contributed by atoms with Gasteiger partial charge in [0.15, 0.2) is 5.78 Å². The van der Waals surface area contributed by atoms with Crippen LogP contribution in [0.2, 0.25) is 0 Å². The first kappa shape index (κ1) is 12.2. The summed E-state index contributed by atoms with van der Waals surface area (Å²) in [5, 5.41) is 8.72. The first-order valence-corrected chi connectivity index (χ1v) is 4.81. The van der Waals surface area contributed by atoms with Crippen molar-refractivity contribution >= 4 is 5.78 Å². The number of hydrogen-bond donors (Lipinski definition) is 0. The molecule has 0 radical (unpaired) electrons. The summed E-state index contributed by atoms with van der Waals surface area (Å²) in [5.74, 6) is 0.424. The molecule has 0 spiro atoms. The maximum Gasteiger partial charge on any atom is 0.195 e. The summed E-state index contributed by atoms with van der Waals surface area (Å²) in [5.41, 5.74) is 1.41. The highest BCUT2D eigenvalue weighted by Crippen LogP contribution is 2.18. The Kier molecular flexibility index (Phi) is 4.49. The number of carbonyl (C=O) groups is 1. The van der Waals surface area contributed by atoms with Crippen molar-refractivity contribution in [3.05, 3.63) is 29.3 Å². The molecule has 0 aliphatic heterocycles. The number of ketones is 1. The SMILES string of the molecule is COCC(=O)COc1cc(C#N)ccc1C. The van der Waals surface area contributed by atoms with Crippen LogP contribution in [0.3, 0.4) is 0 Å². The van der Waals surface area contributed by atoms with E-state index in [4.69, 9.17) is 10.00 Å². The highest BCUT2D eigenvalue weighted by molar-refractivity contribution is 5.81. The third-order valence-corrected chi connectivity index (χ3v) is 2.01. The van der Waals surface area contributed by atoms with Crippen molar-refractivity contribution in [1.29, 1.82) is 5.26 Å². The molecular weight excluding hydrogens is 206 g/mol. The van der Waals surface area contributed by atoms with Gasteiger partial charge in [-0.3, -0.25) is 4.79 Å². The molecule has 0 atom stereocenters. The van der Waals surface area contributed by atoms with E-state index in [1.54, 1.807) is 18.2 Å². The second kappa shape index (κ2) is 5.89. The Morgan fingerprint density at radius 3 is 2.81 bits per heavy atom. The van der Waals surface area contributed by atoms with E-state index >= 15 is 0 Å². The second-order valence-corrected chi connectivity index (χ2v) is 3.35. The Morgan fingerprint density at radius 1 is 1.44 bits per heavy atom. The van der Waals surface area contributed by atoms with Gasteiger partial charge in [-0.2, -0.15) is 5.26 Å². The molecule has 16 heavy (non-hydrogen) atoms. The summed E-state index contributed by atoms with van der Waals surface area (Å²) in [7, 11) is 1.46. The van der Waals surface area contributed by atoms with Crippen LogP contribution in [0.1, 0.15) is 11.1 Å². The van der Waals surface area contributed by atoms with Gasteiger partial charge in [-0.25, -0.2) is 0 Å². The molecule has 1 aromatic rings. The largest absolute Gasteiger partial charge is 0.485 e. The molecule has 0 saturated carbocycles. The summed E-state index contributed by atoms with van der Waals surface area (Å²) in [6, 6.07) is 7.13. The lowest BCUT2D eigenvalue weighted by Gasteiger charge is -2.08. The highest BCUT2D eigenvalue weighted by atomic mass is 16.5. The molecule has 0 unspecified atom stereocenters. The molecule has 0 N–H and O–H groups in total. The van der Waals surface area contributed by atoms with Gasteiger partial charge >= 0.3 is 0 Å². The lowest BCUT2D eigenvalue weighted by Crippen LogP contribution is -2.16. The van der Waals surface area contributed by atoms with Crippen LogP contribution in [0.5, 0.6) is 5.75 Å². The van der Waals surface area contributed by atoms with Crippen LogP contribution in [0.25, 0.3) is 0 Å². The van der Waals surface area contributed by atoms with Crippen LogP contribution in [-0.4, -0.2) is 26.1 Å². The van der Waals surface area contributed by atoms with Crippen molar-refractivity contribution in [2.75, 3.05) is 20.3 Å².